The molecule has 0 fully saturated rings. The average Bonchev–Trinajstić information content (AvgIpc) is 2.79. The van der Waals surface area contributed by atoms with E-state index in [0.717, 1.165) is 0 Å². The summed E-state index contributed by atoms with van der Waals surface area (Å²) in [5.74, 6) is -0.562. The van der Waals surface area contributed by atoms with Crippen molar-refractivity contribution >= 4 is 45.7 Å². The fraction of sp³-hybridized carbons (Fsp3) is 0. The van der Waals surface area contributed by atoms with Crippen molar-refractivity contribution in [3.63, 3.8) is 0 Å². The Hall–Kier alpha value is -5.47. The van der Waals surface area contributed by atoms with Crippen molar-refractivity contribution < 1.29 is 24.5 Å². The third kappa shape index (κ3) is 5.05. The number of nitro benzene ring substituents is 4. The quantitative estimate of drug-likeness (QED) is 0.352. The van der Waals surface area contributed by atoms with Crippen molar-refractivity contribution in [3.05, 3.63) is 107 Å². The van der Waals surface area contributed by atoms with Crippen LogP contribution in [0.2, 0.25) is 0 Å². The Labute approximate surface area is 188 Å². The molecule has 15 heteroatoms. The van der Waals surface area contributed by atoms with Crippen LogP contribution < -0.4 is 10.6 Å². The number of hydrogen-bond acceptors (Lipinski definition) is 10. The number of carbonyl (C=O) groups is 1. The predicted octanol–water partition coefficient (Wildman–Crippen LogP) is 4.32. The third-order valence-electron chi connectivity index (χ3n) is 4.44. The number of rotatable bonds is 8. The van der Waals surface area contributed by atoms with Gasteiger partial charge in [-0.2, -0.15) is 0 Å². The molecule has 3 aromatic carbocycles. The van der Waals surface area contributed by atoms with Gasteiger partial charge in [-0.05, 0) is 36.4 Å². The van der Waals surface area contributed by atoms with E-state index in [1.807, 2.05) is 0 Å². The molecule has 0 saturated heterocycles. The summed E-state index contributed by atoms with van der Waals surface area (Å²) in [6, 6.07) is 11.6. The van der Waals surface area contributed by atoms with Crippen LogP contribution in [0.15, 0.2) is 60.7 Å². The Morgan fingerprint density at radius 3 is 1.53 bits per heavy atom. The molecular weight excluding hydrogens is 456 g/mol. The maximum Gasteiger partial charge on any atom is 0.306 e. The van der Waals surface area contributed by atoms with Gasteiger partial charge in [0.2, 0.25) is 0 Å². The fourth-order valence-corrected chi connectivity index (χ4v) is 2.84. The molecule has 2 N–H and O–H groups in total. The largest absolute Gasteiger partial charge is 0.344 e. The third-order valence-corrected chi connectivity index (χ3v) is 4.44. The molecule has 0 aliphatic rings. The van der Waals surface area contributed by atoms with Crippen LogP contribution in [0.3, 0.4) is 0 Å². The zero-order chi connectivity index (χ0) is 25.0. The molecule has 0 unspecified atom stereocenters. The van der Waals surface area contributed by atoms with E-state index >= 15 is 0 Å². The zero-order valence-corrected chi connectivity index (χ0v) is 16.7. The first-order valence-corrected chi connectivity index (χ1v) is 9.11. The number of carbonyl (C=O) groups excluding carboxylic acids is 1. The van der Waals surface area contributed by atoms with E-state index in [2.05, 4.69) is 10.6 Å². The summed E-state index contributed by atoms with van der Waals surface area (Å²) in [4.78, 5) is 53.2. The first kappa shape index (κ1) is 23.2. The van der Waals surface area contributed by atoms with Gasteiger partial charge in [0, 0.05) is 29.1 Å². The molecule has 172 valence electrons. The summed E-state index contributed by atoms with van der Waals surface area (Å²) in [7, 11) is 0. The van der Waals surface area contributed by atoms with Gasteiger partial charge in [-0.25, -0.2) is 0 Å². The van der Waals surface area contributed by atoms with E-state index in [-0.39, 0.29) is 16.9 Å². The monoisotopic (exact) mass is 468 g/mol. The second-order valence-corrected chi connectivity index (χ2v) is 6.59. The highest BCUT2D eigenvalue weighted by atomic mass is 16.6. The van der Waals surface area contributed by atoms with Gasteiger partial charge < -0.3 is 10.6 Å². The molecule has 34 heavy (non-hydrogen) atoms. The maximum atomic E-state index is 12.4. The van der Waals surface area contributed by atoms with Gasteiger partial charge in [0.25, 0.3) is 17.3 Å². The number of non-ortho nitro benzene ring substituents is 2. The summed E-state index contributed by atoms with van der Waals surface area (Å²) in [5.41, 5.74) is -2.70. The van der Waals surface area contributed by atoms with Crippen molar-refractivity contribution in [1.29, 1.82) is 0 Å². The highest BCUT2D eigenvalue weighted by Crippen LogP contribution is 2.40. The molecule has 0 aliphatic carbocycles. The number of nitrogens with zero attached hydrogens (tertiary/aromatic N) is 4. The lowest BCUT2D eigenvalue weighted by Crippen LogP contribution is -2.11. The van der Waals surface area contributed by atoms with Crippen molar-refractivity contribution in [2.24, 2.45) is 0 Å². The molecule has 0 heterocycles. The molecule has 3 rings (SSSR count). The molecule has 3 aromatic rings. The SMILES string of the molecule is O=C(Nc1ccc([N+](=O)[O-])cc1)c1ccc(Nc2c([N+](=O)[O-])cc([N+](=O)[O-])cc2[N+](=O)[O-])cc1. The molecule has 0 aliphatic heterocycles. The van der Waals surface area contributed by atoms with E-state index in [0.29, 0.717) is 17.8 Å². The fourth-order valence-electron chi connectivity index (χ4n) is 2.84. The summed E-state index contributed by atoms with van der Waals surface area (Å²) in [5, 5.41) is 49.4. The highest BCUT2D eigenvalue weighted by Gasteiger charge is 2.30. The molecule has 1 amide bonds. The molecule has 0 radical (unpaired) electrons. The zero-order valence-electron chi connectivity index (χ0n) is 16.7. The van der Waals surface area contributed by atoms with Crippen LogP contribution in [0.5, 0.6) is 0 Å². The van der Waals surface area contributed by atoms with Crippen molar-refractivity contribution in [1.82, 2.24) is 0 Å². The Kier molecular flexibility index (Phi) is 6.38. The first-order chi connectivity index (χ1) is 16.1. The van der Waals surface area contributed by atoms with E-state index < -0.39 is 48.3 Å². The molecule has 0 bridgehead atoms. The molecular formula is C19H12N6O9. The molecule has 15 nitrogen and oxygen atoms in total. The Morgan fingerprint density at radius 1 is 0.618 bits per heavy atom. The number of nitrogens with one attached hydrogen (secondary N) is 2. The topological polar surface area (TPSA) is 214 Å². The molecule has 0 spiro atoms. The van der Waals surface area contributed by atoms with Crippen molar-refractivity contribution in [2.45, 2.75) is 0 Å². The van der Waals surface area contributed by atoms with Gasteiger partial charge in [0.1, 0.15) is 0 Å². The van der Waals surface area contributed by atoms with Crippen LogP contribution in [0.25, 0.3) is 0 Å². The van der Waals surface area contributed by atoms with Crippen LogP contribution in [0.1, 0.15) is 10.4 Å². The predicted molar refractivity (Wildman–Crippen MR) is 117 cm³/mol. The van der Waals surface area contributed by atoms with Crippen LogP contribution in [0.4, 0.5) is 39.8 Å². The number of amides is 1. The average molecular weight is 468 g/mol. The van der Waals surface area contributed by atoms with Gasteiger partial charge in [0.05, 0.1) is 31.8 Å². The minimum absolute atomic E-state index is 0.131. The van der Waals surface area contributed by atoms with Gasteiger partial charge in [-0.15, -0.1) is 0 Å². The van der Waals surface area contributed by atoms with Crippen LogP contribution in [0, 0.1) is 40.5 Å². The molecule has 0 saturated carbocycles. The molecule has 0 aromatic heterocycles. The minimum atomic E-state index is -0.992. The Morgan fingerprint density at radius 2 is 1.09 bits per heavy atom. The summed E-state index contributed by atoms with van der Waals surface area (Å²) in [6.07, 6.45) is 0. The van der Waals surface area contributed by atoms with E-state index in [1.54, 1.807) is 0 Å². The van der Waals surface area contributed by atoms with Gasteiger partial charge in [0.15, 0.2) is 5.69 Å². The van der Waals surface area contributed by atoms with E-state index in [9.17, 15) is 45.3 Å². The summed E-state index contributed by atoms with van der Waals surface area (Å²) >= 11 is 0. The second kappa shape index (κ2) is 9.35. The maximum absolute atomic E-state index is 12.4. The standard InChI is InChI=1S/C19H12N6O9/c26-19(21-13-5-7-14(8-6-13)22(27)28)11-1-3-12(4-2-11)20-18-16(24(31)32)9-15(23(29)30)10-17(18)25(33)34/h1-10,20H,(H,21,26). The van der Waals surface area contributed by atoms with Crippen LogP contribution >= 0.6 is 0 Å². The normalized spacial score (nSPS) is 10.2. The number of benzene rings is 3. The smallest absolute Gasteiger partial charge is 0.306 e. The van der Waals surface area contributed by atoms with Gasteiger partial charge in [-0.1, -0.05) is 0 Å². The highest BCUT2D eigenvalue weighted by molar-refractivity contribution is 6.04. The summed E-state index contributed by atoms with van der Waals surface area (Å²) in [6.45, 7) is 0. The summed E-state index contributed by atoms with van der Waals surface area (Å²) < 4.78 is 0. The lowest BCUT2D eigenvalue weighted by Gasteiger charge is -2.09. The van der Waals surface area contributed by atoms with E-state index in [4.69, 9.17) is 0 Å². The van der Waals surface area contributed by atoms with Crippen LogP contribution in [-0.2, 0) is 0 Å². The lowest BCUT2D eigenvalue weighted by atomic mass is 10.1. The molecule has 0 atom stereocenters. The number of anilines is 3. The van der Waals surface area contributed by atoms with Crippen molar-refractivity contribution in [2.75, 3.05) is 10.6 Å². The van der Waals surface area contributed by atoms with Gasteiger partial charge in [-0.3, -0.25) is 45.3 Å². The second-order valence-electron chi connectivity index (χ2n) is 6.59. The van der Waals surface area contributed by atoms with E-state index in [1.165, 1.54) is 48.5 Å². The number of hydrogen-bond donors (Lipinski definition) is 2. The lowest BCUT2D eigenvalue weighted by molar-refractivity contribution is -0.401. The van der Waals surface area contributed by atoms with Crippen LogP contribution in [-0.4, -0.2) is 25.6 Å². The minimum Gasteiger partial charge on any atom is -0.344 e. The first-order valence-electron chi connectivity index (χ1n) is 9.11. The Balaban J connectivity index is 1.84. The Bertz CT molecular complexity index is 1290. The van der Waals surface area contributed by atoms with Gasteiger partial charge >= 0.3 is 11.4 Å². The number of nitro groups is 4. The van der Waals surface area contributed by atoms with Crippen molar-refractivity contribution in [3.8, 4) is 0 Å².